The second-order valence-electron chi connectivity index (χ2n) is 13.2. The quantitative estimate of drug-likeness (QED) is 0.306. The average Bonchev–Trinajstić information content (AvgIpc) is 3.07. The highest BCUT2D eigenvalue weighted by Crippen LogP contribution is 2.65. The molecule has 3 heteroatoms. The second-order valence-corrected chi connectivity index (χ2v) is 13.2. The minimum atomic E-state index is -0.166. The van der Waals surface area contributed by atoms with Gasteiger partial charge < -0.3 is 4.74 Å². The van der Waals surface area contributed by atoms with Gasteiger partial charge in [-0.1, -0.05) is 65.5 Å². The number of rotatable bonds is 6. The minimum Gasteiger partial charge on any atom is -0.463 e. The molecule has 3 nitrogen and oxygen atoms in total. The van der Waals surface area contributed by atoms with Crippen molar-refractivity contribution in [2.24, 2.45) is 46.3 Å². The van der Waals surface area contributed by atoms with E-state index in [0.29, 0.717) is 23.5 Å². The van der Waals surface area contributed by atoms with E-state index in [1.807, 2.05) is 0 Å². The normalized spacial score (nSPS) is 40.2. The standard InChI is InChI=1S/C30H48O3/c1-18(2)19(3)8-9-20(4)25-12-13-26-24-11-10-22-16-23(33-21(5)31)14-15-29(22,6)28(24)27(32)17-30(25,26)7/h18-20,22-23,25,28H,8-17H2,1-7H3/t19-,20+,22-,23+,25-,28-,29-,30-/m0/s1. The summed E-state index contributed by atoms with van der Waals surface area (Å²) in [6.45, 7) is 15.9. The van der Waals surface area contributed by atoms with Gasteiger partial charge in [-0.15, -0.1) is 0 Å². The zero-order valence-corrected chi connectivity index (χ0v) is 22.3. The van der Waals surface area contributed by atoms with Gasteiger partial charge in [-0.2, -0.15) is 0 Å². The van der Waals surface area contributed by atoms with Gasteiger partial charge in [-0.05, 0) is 85.4 Å². The van der Waals surface area contributed by atoms with Crippen molar-refractivity contribution in [3.05, 3.63) is 11.1 Å². The van der Waals surface area contributed by atoms with Gasteiger partial charge in [0, 0.05) is 19.3 Å². The van der Waals surface area contributed by atoms with E-state index in [0.717, 1.165) is 50.4 Å². The van der Waals surface area contributed by atoms with Crippen LogP contribution in [0.5, 0.6) is 0 Å². The van der Waals surface area contributed by atoms with Crippen LogP contribution in [0.4, 0.5) is 0 Å². The van der Waals surface area contributed by atoms with Gasteiger partial charge in [0.1, 0.15) is 11.9 Å². The Bertz CT molecular complexity index is 809. The summed E-state index contributed by atoms with van der Waals surface area (Å²) in [5, 5.41) is 0. The number of ketones is 1. The van der Waals surface area contributed by atoms with Gasteiger partial charge in [-0.25, -0.2) is 0 Å². The van der Waals surface area contributed by atoms with Gasteiger partial charge in [-0.3, -0.25) is 9.59 Å². The fourth-order valence-corrected chi connectivity index (χ4v) is 8.64. The van der Waals surface area contributed by atoms with E-state index in [9.17, 15) is 9.59 Å². The molecule has 0 aliphatic heterocycles. The molecule has 0 bridgehead atoms. The molecule has 0 spiro atoms. The molecule has 0 saturated heterocycles. The Morgan fingerprint density at radius 2 is 1.79 bits per heavy atom. The van der Waals surface area contributed by atoms with Gasteiger partial charge in [0.15, 0.2) is 0 Å². The number of esters is 1. The number of fused-ring (bicyclic) bond motifs is 4. The third kappa shape index (κ3) is 4.36. The van der Waals surface area contributed by atoms with E-state index in [2.05, 4.69) is 41.5 Å². The fourth-order valence-electron chi connectivity index (χ4n) is 8.64. The fraction of sp³-hybridized carbons (Fsp3) is 0.867. The number of allylic oxidation sites excluding steroid dienone is 2. The van der Waals surface area contributed by atoms with Crippen molar-refractivity contribution in [3.63, 3.8) is 0 Å². The molecule has 0 N–H and O–H groups in total. The lowest BCUT2D eigenvalue weighted by atomic mass is 9.48. The number of carbonyl (C=O) groups excluding carboxylic acids is 2. The maximum Gasteiger partial charge on any atom is 0.302 e. The molecule has 8 atom stereocenters. The smallest absolute Gasteiger partial charge is 0.302 e. The number of Topliss-reactive ketones (excluding diaryl/α,β-unsaturated/α-hetero) is 1. The molecule has 0 unspecified atom stereocenters. The summed E-state index contributed by atoms with van der Waals surface area (Å²) in [5.41, 5.74) is 3.36. The van der Waals surface area contributed by atoms with Crippen LogP contribution in [0.1, 0.15) is 113 Å². The molecule has 33 heavy (non-hydrogen) atoms. The summed E-state index contributed by atoms with van der Waals surface area (Å²) in [7, 11) is 0. The SMILES string of the molecule is CC(=O)O[C@@H]1CC[C@@]2(C)[C@@H](CCC3=C4CC[C@@H]([C@H](C)CC[C@H](C)C(C)C)[C@]4(C)CC(=O)[C@H]32)C1. The largest absolute Gasteiger partial charge is 0.463 e. The Morgan fingerprint density at radius 3 is 2.45 bits per heavy atom. The first-order valence-corrected chi connectivity index (χ1v) is 13.9. The number of ether oxygens (including phenoxy) is 1. The van der Waals surface area contributed by atoms with Crippen LogP contribution in [0.2, 0.25) is 0 Å². The summed E-state index contributed by atoms with van der Waals surface area (Å²) in [6.07, 6.45) is 10.9. The van der Waals surface area contributed by atoms with Gasteiger partial charge in [0.05, 0.1) is 0 Å². The molecule has 4 aliphatic rings. The van der Waals surface area contributed by atoms with Crippen LogP contribution in [0.15, 0.2) is 11.1 Å². The van der Waals surface area contributed by atoms with Crippen LogP contribution in [-0.4, -0.2) is 17.9 Å². The van der Waals surface area contributed by atoms with Crippen LogP contribution in [0.25, 0.3) is 0 Å². The van der Waals surface area contributed by atoms with E-state index < -0.39 is 0 Å². The number of carbonyl (C=O) groups is 2. The zero-order chi connectivity index (χ0) is 24.1. The van der Waals surface area contributed by atoms with Crippen LogP contribution < -0.4 is 0 Å². The van der Waals surface area contributed by atoms with E-state index in [4.69, 9.17) is 4.74 Å². The molecule has 0 radical (unpaired) electrons. The maximum absolute atomic E-state index is 13.9. The molecule has 3 fully saturated rings. The van der Waals surface area contributed by atoms with E-state index in [-0.39, 0.29) is 28.8 Å². The molecule has 0 aromatic heterocycles. The summed E-state index contributed by atoms with van der Waals surface area (Å²) in [4.78, 5) is 25.4. The molecule has 4 aliphatic carbocycles. The Morgan fingerprint density at radius 1 is 1.06 bits per heavy atom. The topological polar surface area (TPSA) is 43.4 Å². The van der Waals surface area contributed by atoms with Crippen molar-refractivity contribution in [1.29, 1.82) is 0 Å². The van der Waals surface area contributed by atoms with Crippen LogP contribution in [0.3, 0.4) is 0 Å². The van der Waals surface area contributed by atoms with Gasteiger partial charge in [0.2, 0.25) is 0 Å². The highest BCUT2D eigenvalue weighted by molar-refractivity contribution is 5.88. The monoisotopic (exact) mass is 456 g/mol. The Balaban J connectivity index is 1.55. The van der Waals surface area contributed by atoms with Crippen molar-refractivity contribution in [1.82, 2.24) is 0 Å². The first-order valence-electron chi connectivity index (χ1n) is 13.9. The van der Waals surface area contributed by atoms with E-state index in [1.165, 1.54) is 32.6 Å². The number of hydrogen-bond donors (Lipinski definition) is 0. The molecule has 0 heterocycles. The average molecular weight is 457 g/mol. The Kier molecular flexibility index (Phi) is 6.93. The second kappa shape index (κ2) is 9.15. The summed E-state index contributed by atoms with van der Waals surface area (Å²) >= 11 is 0. The van der Waals surface area contributed by atoms with Crippen LogP contribution in [0, 0.1) is 46.3 Å². The lowest BCUT2D eigenvalue weighted by Crippen LogP contribution is -2.52. The molecule has 3 saturated carbocycles. The molecule has 0 amide bonds. The van der Waals surface area contributed by atoms with Crippen molar-refractivity contribution < 1.29 is 14.3 Å². The highest BCUT2D eigenvalue weighted by atomic mass is 16.5. The third-order valence-electron chi connectivity index (χ3n) is 11.0. The molecule has 186 valence electrons. The predicted octanol–water partition coefficient (Wildman–Crippen LogP) is 7.53. The van der Waals surface area contributed by atoms with Crippen LogP contribution in [-0.2, 0) is 14.3 Å². The molecule has 0 aromatic carbocycles. The molecule has 4 rings (SSSR count). The predicted molar refractivity (Wildman–Crippen MR) is 134 cm³/mol. The molecule has 0 aromatic rings. The van der Waals surface area contributed by atoms with E-state index >= 15 is 0 Å². The van der Waals surface area contributed by atoms with Crippen molar-refractivity contribution in [2.45, 2.75) is 119 Å². The Labute approximate surface area is 202 Å². The van der Waals surface area contributed by atoms with Crippen LogP contribution >= 0.6 is 0 Å². The molecular weight excluding hydrogens is 408 g/mol. The van der Waals surface area contributed by atoms with Crippen molar-refractivity contribution >= 4 is 11.8 Å². The third-order valence-corrected chi connectivity index (χ3v) is 11.0. The van der Waals surface area contributed by atoms with Crippen molar-refractivity contribution in [2.75, 3.05) is 0 Å². The summed E-state index contributed by atoms with van der Waals surface area (Å²) < 4.78 is 5.59. The minimum absolute atomic E-state index is 0.0451. The number of hydrogen-bond acceptors (Lipinski definition) is 3. The van der Waals surface area contributed by atoms with E-state index in [1.54, 1.807) is 11.1 Å². The maximum atomic E-state index is 13.9. The lowest BCUT2D eigenvalue weighted by molar-refractivity contribution is -0.154. The first kappa shape index (κ1) is 25.0. The van der Waals surface area contributed by atoms with Gasteiger partial charge in [0.25, 0.3) is 0 Å². The first-order chi connectivity index (χ1) is 15.5. The lowest BCUT2D eigenvalue weighted by Gasteiger charge is -2.56. The van der Waals surface area contributed by atoms with Crippen molar-refractivity contribution in [3.8, 4) is 0 Å². The zero-order valence-electron chi connectivity index (χ0n) is 22.3. The Hall–Kier alpha value is -1.12. The van der Waals surface area contributed by atoms with Gasteiger partial charge >= 0.3 is 5.97 Å². The summed E-state index contributed by atoms with van der Waals surface area (Å²) in [5.74, 6) is 3.82. The summed E-state index contributed by atoms with van der Waals surface area (Å²) in [6, 6.07) is 0. The molecular formula is C30H48O3. The highest BCUT2D eigenvalue weighted by Gasteiger charge is 2.59.